The summed E-state index contributed by atoms with van der Waals surface area (Å²) in [4.78, 5) is 26.8. The van der Waals surface area contributed by atoms with Gasteiger partial charge in [0.1, 0.15) is 6.54 Å². The third-order valence-electron chi connectivity index (χ3n) is 7.18. The van der Waals surface area contributed by atoms with Gasteiger partial charge in [-0.1, -0.05) is 103 Å². The van der Waals surface area contributed by atoms with Gasteiger partial charge in [-0.15, -0.1) is 0 Å². The highest BCUT2D eigenvalue weighted by Crippen LogP contribution is 2.28. The monoisotopic (exact) mass is 528 g/mol. The average Bonchev–Trinajstić information content (AvgIpc) is 3.40. The molecule has 5 nitrogen and oxygen atoms in total. The first-order chi connectivity index (χ1) is 19.6. The molecule has 1 aromatic heterocycles. The van der Waals surface area contributed by atoms with Gasteiger partial charge < -0.3 is 14.6 Å². The van der Waals surface area contributed by atoms with Crippen LogP contribution in [-0.4, -0.2) is 39.5 Å². The first kappa shape index (κ1) is 26.7. The Kier molecular flexibility index (Phi) is 8.52. The lowest BCUT2D eigenvalue weighted by molar-refractivity contribution is -0.137. The van der Waals surface area contributed by atoms with E-state index in [2.05, 4.69) is 48.5 Å². The van der Waals surface area contributed by atoms with E-state index in [4.69, 9.17) is 0 Å². The molecule has 0 bridgehead atoms. The maximum absolute atomic E-state index is 13.6. The second-order valence-electron chi connectivity index (χ2n) is 9.80. The zero-order valence-corrected chi connectivity index (χ0v) is 22.3. The fourth-order valence-corrected chi connectivity index (χ4v) is 5.20. The van der Waals surface area contributed by atoms with Gasteiger partial charge in [0.25, 0.3) is 5.91 Å². The van der Waals surface area contributed by atoms with E-state index in [1.807, 2.05) is 83.8 Å². The van der Waals surface area contributed by atoms with Crippen molar-refractivity contribution in [1.29, 1.82) is 0 Å². The molecule has 5 heteroatoms. The number of aromatic nitrogens is 1. The topological polar surface area (TPSA) is 62.5 Å². The number of nitrogens with zero attached hydrogens (tertiary/aromatic N) is 2. The predicted molar refractivity (Wildman–Crippen MR) is 160 cm³/mol. The van der Waals surface area contributed by atoms with Crippen molar-refractivity contribution in [3.8, 4) is 0 Å². The standard InChI is InChI=1S/C35H32N2O3/c38-34(39)26-37-25-22-32-29(18-10-20-33(32)37)19-11-23-36(35(40)30-16-8-3-9-17-30)24-21-31(27-12-4-1-5-13-27)28-14-6-2-7-15-28/h1-20,22,25,31H,21,23-24,26H2,(H,38,39)/b19-11+. The third kappa shape index (κ3) is 6.38. The molecule has 0 fully saturated rings. The lowest BCUT2D eigenvalue weighted by Gasteiger charge is -2.25. The number of carboxylic acids is 1. The van der Waals surface area contributed by atoms with Crippen LogP contribution in [0.4, 0.5) is 0 Å². The summed E-state index contributed by atoms with van der Waals surface area (Å²) in [5, 5.41) is 10.2. The van der Waals surface area contributed by atoms with E-state index in [0.717, 1.165) is 22.9 Å². The Morgan fingerprint density at radius 2 is 1.40 bits per heavy atom. The van der Waals surface area contributed by atoms with Crippen LogP contribution in [0.15, 0.2) is 128 Å². The first-order valence-corrected chi connectivity index (χ1v) is 13.5. The molecule has 1 N–H and O–H groups in total. The molecule has 5 rings (SSSR count). The van der Waals surface area contributed by atoms with Crippen molar-refractivity contribution in [3.63, 3.8) is 0 Å². The summed E-state index contributed by atoms with van der Waals surface area (Å²) in [6.07, 6.45) is 6.62. The Balaban J connectivity index is 1.39. The molecule has 0 aliphatic rings. The van der Waals surface area contributed by atoms with E-state index in [9.17, 15) is 14.7 Å². The molecular formula is C35H32N2O3. The van der Waals surface area contributed by atoms with Gasteiger partial charge in [-0.05, 0) is 47.4 Å². The van der Waals surface area contributed by atoms with Gasteiger partial charge in [0, 0.05) is 41.7 Å². The fraction of sp³-hybridized carbons (Fsp3) is 0.143. The molecular weight excluding hydrogens is 496 g/mol. The van der Waals surface area contributed by atoms with Crippen molar-refractivity contribution in [2.24, 2.45) is 0 Å². The molecule has 1 amide bonds. The molecule has 0 atom stereocenters. The van der Waals surface area contributed by atoms with Crippen LogP contribution in [0.1, 0.15) is 39.4 Å². The quantitative estimate of drug-likeness (QED) is 0.199. The number of rotatable bonds is 11. The maximum Gasteiger partial charge on any atom is 0.323 e. The summed E-state index contributed by atoms with van der Waals surface area (Å²) >= 11 is 0. The van der Waals surface area contributed by atoms with Crippen LogP contribution in [0.3, 0.4) is 0 Å². The SMILES string of the molecule is O=C(O)Cn1ccc2c(/C=C/CN(CCC(c3ccccc3)c3ccccc3)C(=O)c3ccccc3)cccc21. The second kappa shape index (κ2) is 12.8. The second-order valence-corrected chi connectivity index (χ2v) is 9.80. The average molecular weight is 529 g/mol. The van der Waals surface area contributed by atoms with Gasteiger partial charge >= 0.3 is 5.97 Å². The number of carbonyl (C=O) groups excluding carboxylic acids is 1. The number of carboxylic acid groups (broad SMARTS) is 1. The van der Waals surface area contributed by atoms with Crippen molar-refractivity contribution in [3.05, 3.63) is 150 Å². The number of fused-ring (bicyclic) bond motifs is 1. The van der Waals surface area contributed by atoms with Crippen LogP contribution in [0.2, 0.25) is 0 Å². The Morgan fingerprint density at radius 1 is 0.775 bits per heavy atom. The van der Waals surface area contributed by atoms with Gasteiger partial charge in [0.15, 0.2) is 0 Å². The summed E-state index contributed by atoms with van der Waals surface area (Å²) < 4.78 is 1.73. The highest BCUT2D eigenvalue weighted by atomic mass is 16.4. The highest BCUT2D eigenvalue weighted by Gasteiger charge is 2.19. The molecule has 4 aromatic carbocycles. The molecule has 0 aliphatic carbocycles. The van der Waals surface area contributed by atoms with Crippen molar-refractivity contribution in [1.82, 2.24) is 9.47 Å². The predicted octanol–water partition coefficient (Wildman–Crippen LogP) is 7.10. The smallest absolute Gasteiger partial charge is 0.323 e. The van der Waals surface area contributed by atoms with E-state index >= 15 is 0 Å². The van der Waals surface area contributed by atoms with E-state index < -0.39 is 5.97 Å². The molecule has 0 spiro atoms. The molecule has 5 aromatic rings. The number of carbonyl (C=O) groups is 2. The van der Waals surface area contributed by atoms with Crippen LogP contribution in [0.25, 0.3) is 17.0 Å². The largest absolute Gasteiger partial charge is 0.480 e. The van der Waals surface area contributed by atoms with Gasteiger partial charge in [0.05, 0.1) is 0 Å². The number of aliphatic carboxylic acids is 1. The Bertz CT molecular complexity index is 1550. The number of hydrogen-bond acceptors (Lipinski definition) is 2. The minimum absolute atomic E-state index is 0.00376. The Morgan fingerprint density at radius 3 is 2.02 bits per heavy atom. The Hall–Kier alpha value is -4.90. The lowest BCUT2D eigenvalue weighted by atomic mass is 9.88. The van der Waals surface area contributed by atoms with Gasteiger partial charge in [-0.2, -0.15) is 0 Å². The maximum atomic E-state index is 13.6. The lowest BCUT2D eigenvalue weighted by Crippen LogP contribution is -2.33. The molecule has 0 saturated carbocycles. The summed E-state index contributed by atoms with van der Waals surface area (Å²) in [6, 6.07) is 38.1. The number of benzene rings is 4. The van der Waals surface area contributed by atoms with E-state index in [0.29, 0.717) is 18.7 Å². The van der Waals surface area contributed by atoms with Gasteiger partial charge in [-0.3, -0.25) is 9.59 Å². The molecule has 0 aliphatic heterocycles. The van der Waals surface area contributed by atoms with E-state index in [1.165, 1.54) is 11.1 Å². The molecule has 200 valence electrons. The van der Waals surface area contributed by atoms with E-state index in [1.54, 1.807) is 10.8 Å². The zero-order valence-electron chi connectivity index (χ0n) is 22.3. The molecule has 0 saturated heterocycles. The van der Waals surface area contributed by atoms with Gasteiger partial charge in [-0.25, -0.2) is 0 Å². The number of amides is 1. The summed E-state index contributed by atoms with van der Waals surface area (Å²) in [6.45, 7) is 0.960. The summed E-state index contributed by atoms with van der Waals surface area (Å²) in [7, 11) is 0. The van der Waals surface area contributed by atoms with Crippen molar-refractivity contribution < 1.29 is 14.7 Å². The number of hydrogen-bond donors (Lipinski definition) is 1. The van der Waals surface area contributed by atoms with Gasteiger partial charge in [0.2, 0.25) is 0 Å². The normalized spacial score (nSPS) is 11.3. The Labute approximate surface area is 234 Å². The van der Waals surface area contributed by atoms with Crippen LogP contribution in [0.5, 0.6) is 0 Å². The summed E-state index contributed by atoms with van der Waals surface area (Å²) in [5.41, 5.74) is 4.98. The van der Waals surface area contributed by atoms with Crippen molar-refractivity contribution in [2.45, 2.75) is 18.9 Å². The molecule has 0 radical (unpaired) electrons. The molecule has 40 heavy (non-hydrogen) atoms. The summed E-state index contributed by atoms with van der Waals surface area (Å²) in [5.74, 6) is -0.714. The highest BCUT2D eigenvalue weighted by molar-refractivity contribution is 5.94. The van der Waals surface area contributed by atoms with Crippen molar-refractivity contribution >= 4 is 28.9 Å². The van der Waals surface area contributed by atoms with Crippen molar-refractivity contribution in [2.75, 3.05) is 13.1 Å². The van der Waals surface area contributed by atoms with E-state index in [-0.39, 0.29) is 18.4 Å². The van der Waals surface area contributed by atoms with Crippen LogP contribution < -0.4 is 0 Å². The van der Waals surface area contributed by atoms with Crippen LogP contribution in [0, 0.1) is 0 Å². The fourth-order valence-electron chi connectivity index (χ4n) is 5.20. The molecule has 0 unspecified atom stereocenters. The third-order valence-corrected chi connectivity index (χ3v) is 7.18. The molecule has 1 heterocycles. The minimum atomic E-state index is -0.877. The van der Waals surface area contributed by atoms with Crippen LogP contribution >= 0.6 is 0 Å². The first-order valence-electron chi connectivity index (χ1n) is 13.5. The zero-order chi connectivity index (χ0) is 27.7. The van der Waals surface area contributed by atoms with Crippen LogP contribution in [-0.2, 0) is 11.3 Å². The minimum Gasteiger partial charge on any atom is -0.480 e.